The molecular weight excluding hydrogens is 350 g/mol. The summed E-state index contributed by atoms with van der Waals surface area (Å²) in [7, 11) is -3.65. The summed E-state index contributed by atoms with van der Waals surface area (Å²) in [5.41, 5.74) is 0.817. The topological polar surface area (TPSA) is 69.7 Å². The third-order valence-corrected chi connectivity index (χ3v) is 6.12. The van der Waals surface area contributed by atoms with Gasteiger partial charge in [0.2, 0.25) is 15.9 Å². The molecule has 0 unspecified atom stereocenters. The standard InChI is InChI=1S/C16H24ClN3O3S/c1-3-19-8-10-20(11-9-19)16(21)6-7-18-24(22,23)14-5-4-13(2)15(17)12-14/h4-5,12,18H,3,6-11H2,1-2H3. The average molecular weight is 374 g/mol. The van der Waals surface area contributed by atoms with E-state index in [4.69, 9.17) is 11.6 Å². The SMILES string of the molecule is CCN1CCN(C(=O)CCNS(=O)(=O)c2ccc(C)c(Cl)c2)CC1. The first-order valence-corrected chi connectivity index (χ1v) is 9.95. The number of benzene rings is 1. The molecule has 1 aliphatic heterocycles. The van der Waals surface area contributed by atoms with Crippen molar-refractivity contribution in [3.05, 3.63) is 28.8 Å². The maximum absolute atomic E-state index is 12.2. The fourth-order valence-corrected chi connectivity index (χ4v) is 3.89. The minimum atomic E-state index is -3.65. The molecule has 0 aromatic heterocycles. The van der Waals surface area contributed by atoms with Gasteiger partial charge in [-0.3, -0.25) is 4.79 Å². The number of sulfonamides is 1. The first-order chi connectivity index (χ1) is 11.3. The highest BCUT2D eigenvalue weighted by molar-refractivity contribution is 7.89. The van der Waals surface area contributed by atoms with Crippen LogP contribution in [0.5, 0.6) is 0 Å². The van der Waals surface area contributed by atoms with Crippen LogP contribution in [0.15, 0.2) is 23.1 Å². The average Bonchev–Trinajstić information content (AvgIpc) is 2.57. The summed E-state index contributed by atoms with van der Waals surface area (Å²) in [5, 5.41) is 0.405. The molecule has 1 heterocycles. The van der Waals surface area contributed by atoms with Gasteiger partial charge in [-0.15, -0.1) is 0 Å². The lowest BCUT2D eigenvalue weighted by Crippen LogP contribution is -2.49. The lowest BCUT2D eigenvalue weighted by molar-refractivity contribution is -0.132. The summed E-state index contributed by atoms with van der Waals surface area (Å²) < 4.78 is 26.9. The normalized spacial score (nSPS) is 16.4. The number of hydrogen-bond donors (Lipinski definition) is 1. The molecule has 0 bridgehead atoms. The van der Waals surface area contributed by atoms with E-state index in [-0.39, 0.29) is 23.8 Å². The largest absolute Gasteiger partial charge is 0.340 e. The second-order valence-electron chi connectivity index (χ2n) is 5.87. The first-order valence-electron chi connectivity index (χ1n) is 8.09. The Kier molecular flexibility index (Phi) is 6.62. The molecule has 1 fully saturated rings. The molecule has 134 valence electrons. The number of aryl methyl sites for hydroxylation is 1. The molecule has 1 aliphatic rings. The van der Waals surface area contributed by atoms with Crippen molar-refractivity contribution in [1.82, 2.24) is 14.5 Å². The zero-order chi connectivity index (χ0) is 17.7. The summed E-state index contributed by atoms with van der Waals surface area (Å²) in [6.07, 6.45) is 0.158. The van der Waals surface area contributed by atoms with Crippen LogP contribution in [-0.2, 0) is 14.8 Å². The predicted molar refractivity (Wildman–Crippen MR) is 94.7 cm³/mol. The van der Waals surface area contributed by atoms with Crippen molar-refractivity contribution in [3.63, 3.8) is 0 Å². The van der Waals surface area contributed by atoms with Gasteiger partial charge in [0.25, 0.3) is 0 Å². The maximum atomic E-state index is 12.2. The second kappa shape index (κ2) is 8.29. The lowest BCUT2D eigenvalue weighted by atomic mass is 10.2. The van der Waals surface area contributed by atoms with Crippen molar-refractivity contribution in [2.75, 3.05) is 39.3 Å². The highest BCUT2D eigenvalue weighted by atomic mass is 35.5. The van der Waals surface area contributed by atoms with E-state index in [2.05, 4.69) is 16.5 Å². The number of likely N-dealkylation sites (N-methyl/N-ethyl adjacent to an activating group) is 1. The van der Waals surface area contributed by atoms with Crippen molar-refractivity contribution in [1.29, 1.82) is 0 Å². The van der Waals surface area contributed by atoms with Crippen LogP contribution >= 0.6 is 11.6 Å². The number of nitrogens with zero attached hydrogens (tertiary/aromatic N) is 2. The highest BCUT2D eigenvalue weighted by Crippen LogP contribution is 2.19. The molecule has 1 saturated heterocycles. The molecule has 1 N–H and O–H groups in total. The van der Waals surface area contributed by atoms with Gasteiger partial charge in [-0.05, 0) is 31.2 Å². The van der Waals surface area contributed by atoms with Crippen LogP contribution in [0, 0.1) is 6.92 Å². The van der Waals surface area contributed by atoms with Gasteiger partial charge in [0.15, 0.2) is 0 Å². The Morgan fingerprint density at radius 2 is 1.92 bits per heavy atom. The molecule has 1 amide bonds. The van der Waals surface area contributed by atoms with Crippen LogP contribution in [0.25, 0.3) is 0 Å². The molecule has 1 aromatic carbocycles. The summed E-state index contributed by atoms with van der Waals surface area (Å²) in [4.78, 5) is 16.4. The predicted octanol–water partition coefficient (Wildman–Crippen LogP) is 1.48. The van der Waals surface area contributed by atoms with Gasteiger partial charge in [0.1, 0.15) is 0 Å². The molecule has 0 spiro atoms. The van der Waals surface area contributed by atoms with Crippen molar-refractivity contribution in [2.45, 2.75) is 25.2 Å². The van der Waals surface area contributed by atoms with E-state index in [9.17, 15) is 13.2 Å². The van der Waals surface area contributed by atoms with Crippen molar-refractivity contribution >= 4 is 27.5 Å². The highest BCUT2D eigenvalue weighted by Gasteiger charge is 2.21. The van der Waals surface area contributed by atoms with Gasteiger partial charge in [-0.2, -0.15) is 0 Å². The van der Waals surface area contributed by atoms with Crippen molar-refractivity contribution < 1.29 is 13.2 Å². The number of carbonyl (C=O) groups is 1. The Morgan fingerprint density at radius 3 is 2.50 bits per heavy atom. The van der Waals surface area contributed by atoms with Crippen LogP contribution in [0.3, 0.4) is 0 Å². The van der Waals surface area contributed by atoms with E-state index in [1.54, 1.807) is 11.0 Å². The molecule has 0 saturated carbocycles. The fraction of sp³-hybridized carbons (Fsp3) is 0.562. The van der Waals surface area contributed by atoms with Gasteiger partial charge in [-0.1, -0.05) is 24.6 Å². The quantitative estimate of drug-likeness (QED) is 0.820. The molecular formula is C16H24ClN3O3S. The molecule has 8 heteroatoms. The smallest absolute Gasteiger partial charge is 0.240 e. The van der Waals surface area contributed by atoms with Gasteiger partial charge in [0.05, 0.1) is 4.90 Å². The van der Waals surface area contributed by atoms with E-state index in [0.717, 1.165) is 25.2 Å². The molecule has 0 atom stereocenters. The molecule has 0 radical (unpaired) electrons. The first kappa shape index (κ1) is 19.2. The lowest BCUT2D eigenvalue weighted by Gasteiger charge is -2.34. The summed E-state index contributed by atoms with van der Waals surface area (Å²) in [6, 6.07) is 4.59. The zero-order valence-electron chi connectivity index (χ0n) is 14.1. The molecule has 0 aliphatic carbocycles. The van der Waals surface area contributed by atoms with Crippen molar-refractivity contribution in [2.24, 2.45) is 0 Å². The number of halogens is 1. The maximum Gasteiger partial charge on any atom is 0.240 e. The third-order valence-electron chi connectivity index (χ3n) is 4.26. The molecule has 6 nitrogen and oxygen atoms in total. The second-order valence-corrected chi connectivity index (χ2v) is 8.05. The Hall–Kier alpha value is -1.15. The monoisotopic (exact) mass is 373 g/mol. The molecule has 2 rings (SSSR count). The summed E-state index contributed by atoms with van der Waals surface area (Å²) in [6.45, 7) is 8.12. The third kappa shape index (κ3) is 4.92. The van der Waals surface area contributed by atoms with Crippen LogP contribution < -0.4 is 4.72 Å². The minimum absolute atomic E-state index is 0.0182. The van der Waals surface area contributed by atoms with E-state index in [0.29, 0.717) is 18.1 Å². The van der Waals surface area contributed by atoms with Crippen LogP contribution in [-0.4, -0.2) is 63.4 Å². The number of amides is 1. The Balaban J connectivity index is 1.84. The van der Waals surface area contributed by atoms with Crippen LogP contribution in [0.1, 0.15) is 18.9 Å². The van der Waals surface area contributed by atoms with Crippen LogP contribution in [0.2, 0.25) is 5.02 Å². The summed E-state index contributed by atoms with van der Waals surface area (Å²) in [5.74, 6) is -0.0182. The summed E-state index contributed by atoms with van der Waals surface area (Å²) >= 11 is 5.97. The Labute approximate surface area is 148 Å². The van der Waals surface area contributed by atoms with E-state index in [1.165, 1.54) is 12.1 Å². The van der Waals surface area contributed by atoms with Gasteiger partial charge >= 0.3 is 0 Å². The van der Waals surface area contributed by atoms with E-state index in [1.807, 2.05) is 6.92 Å². The number of hydrogen-bond acceptors (Lipinski definition) is 4. The van der Waals surface area contributed by atoms with Gasteiger partial charge in [0, 0.05) is 44.2 Å². The number of piperazine rings is 1. The van der Waals surface area contributed by atoms with Gasteiger partial charge in [-0.25, -0.2) is 13.1 Å². The molecule has 24 heavy (non-hydrogen) atoms. The molecule has 1 aromatic rings. The number of rotatable bonds is 6. The van der Waals surface area contributed by atoms with E-state index >= 15 is 0 Å². The van der Waals surface area contributed by atoms with Gasteiger partial charge < -0.3 is 9.80 Å². The number of carbonyl (C=O) groups excluding carboxylic acids is 1. The Bertz CT molecular complexity index is 686. The van der Waals surface area contributed by atoms with E-state index < -0.39 is 10.0 Å². The minimum Gasteiger partial charge on any atom is -0.340 e. The fourth-order valence-electron chi connectivity index (χ4n) is 2.59. The Morgan fingerprint density at radius 1 is 1.25 bits per heavy atom. The number of nitrogens with one attached hydrogen (secondary N) is 1. The van der Waals surface area contributed by atoms with Crippen molar-refractivity contribution in [3.8, 4) is 0 Å². The zero-order valence-corrected chi connectivity index (χ0v) is 15.7. The van der Waals surface area contributed by atoms with Crippen LogP contribution in [0.4, 0.5) is 0 Å².